The molecule has 0 radical (unpaired) electrons. The minimum Gasteiger partial charge on any atom is -0.494 e. The molecule has 29 heavy (non-hydrogen) atoms. The summed E-state index contributed by atoms with van der Waals surface area (Å²) in [4.78, 5) is 8.45. The van der Waals surface area contributed by atoms with E-state index in [0.717, 1.165) is 37.2 Å². The molecule has 0 N–H and O–H groups in total. The molecular weight excluding hydrogens is 363 g/mol. The summed E-state index contributed by atoms with van der Waals surface area (Å²) in [6.45, 7) is 5.17. The van der Waals surface area contributed by atoms with Crippen molar-refractivity contribution < 1.29 is 9.13 Å². The molecule has 160 valence electrons. The number of ether oxygens (including phenoxy) is 1. The molecule has 2 aromatic rings. The Labute approximate surface area is 176 Å². The summed E-state index contributed by atoms with van der Waals surface area (Å²) in [5.41, 5.74) is 1.43. The number of aromatic nitrogens is 2. The third-order valence-corrected chi connectivity index (χ3v) is 5.24. The van der Waals surface area contributed by atoms with Gasteiger partial charge in [-0.15, -0.1) is 0 Å². The normalized spacial score (nSPS) is 11.0. The van der Waals surface area contributed by atoms with Crippen LogP contribution in [0.5, 0.6) is 5.75 Å². The second-order valence-corrected chi connectivity index (χ2v) is 7.81. The van der Waals surface area contributed by atoms with E-state index < -0.39 is 5.95 Å². The maximum absolute atomic E-state index is 14.3. The van der Waals surface area contributed by atoms with Gasteiger partial charge in [-0.2, -0.15) is 9.37 Å². The molecule has 0 aliphatic carbocycles. The summed E-state index contributed by atoms with van der Waals surface area (Å²) >= 11 is 0. The zero-order valence-electron chi connectivity index (χ0n) is 18.3. The summed E-state index contributed by atoms with van der Waals surface area (Å²) < 4.78 is 20.1. The molecule has 1 aromatic heterocycles. The molecule has 0 bridgehead atoms. The third kappa shape index (κ3) is 8.93. The molecule has 4 heteroatoms. The lowest BCUT2D eigenvalue weighted by atomic mass is 10.1. The molecule has 0 amide bonds. The highest BCUT2D eigenvalue weighted by atomic mass is 19.1. The summed E-state index contributed by atoms with van der Waals surface area (Å²) in [7, 11) is 0. The van der Waals surface area contributed by atoms with E-state index in [9.17, 15) is 4.39 Å². The Morgan fingerprint density at radius 1 is 0.793 bits per heavy atom. The molecule has 0 unspecified atom stereocenters. The van der Waals surface area contributed by atoms with Gasteiger partial charge in [0.25, 0.3) is 0 Å². The van der Waals surface area contributed by atoms with Gasteiger partial charge in [0.2, 0.25) is 5.95 Å². The number of aryl methyl sites for hydroxylation is 1. The van der Waals surface area contributed by atoms with Gasteiger partial charge in [0, 0.05) is 17.3 Å². The molecule has 3 nitrogen and oxygen atoms in total. The number of hydrogen-bond acceptors (Lipinski definition) is 3. The second kappa shape index (κ2) is 14.1. The summed E-state index contributed by atoms with van der Waals surface area (Å²) in [5.74, 6) is 0.875. The fourth-order valence-electron chi connectivity index (χ4n) is 3.38. The summed E-state index contributed by atoms with van der Waals surface area (Å²) in [5, 5.41) is 0. The predicted octanol–water partition coefficient (Wildman–Crippen LogP) is 7.53. The smallest absolute Gasteiger partial charge is 0.219 e. The Balaban J connectivity index is 1.77. The van der Waals surface area contributed by atoms with E-state index in [4.69, 9.17) is 4.74 Å². The van der Waals surface area contributed by atoms with Crippen molar-refractivity contribution >= 4 is 0 Å². The molecule has 1 heterocycles. The first-order valence-corrected chi connectivity index (χ1v) is 11.5. The molecule has 0 fully saturated rings. The van der Waals surface area contributed by atoms with Gasteiger partial charge in [-0.1, -0.05) is 71.6 Å². The maximum atomic E-state index is 14.3. The molecule has 0 atom stereocenters. The number of hydrogen-bond donors (Lipinski definition) is 0. The van der Waals surface area contributed by atoms with E-state index in [1.54, 1.807) is 6.20 Å². The van der Waals surface area contributed by atoms with E-state index in [2.05, 4.69) is 23.8 Å². The highest BCUT2D eigenvalue weighted by molar-refractivity contribution is 5.56. The second-order valence-electron chi connectivity index (χ2n) is 7.81. The Kier molecular flexibility index (Phi) is 11.3. The van der Waals surface area contributed by atoms with Crippen LogP contribution in [0.4, 0.5) is 4.39 Å². The average Bonchev–Trinajstić information content (AvgIpc) is 2.74. The highest BCUT2D eigenvalue weighted by Gasteiger charge is 2.09. The Hall–Kier alpha value is -1.97. The average molecular weight is 401 g/mol. The number of halogens is 1. The van der Waals surface area contributed by atoms with Gasteiger partial charge in [0.15, 0.2) is 5.82 Å². The largest absolute Gasteiger partial charge is 0.494 e. The van der Waals surface area contributed by atoms with Gasteiger partial charge < -0.3 is 4.74 Å². The van der Waals surface area contributed by atoms with Crippen LogP contribution in [0, 0.1) is 5.95 Å². The van der Waals surface area contributed by atoms with E-state index in [-0.39, 0.29) is 0 Å². The first kappa shape index (κ1) is 23.3. The fourth-order valence-corrected chi connectivity index (χ4v) is 3.38. The van der Waals surface area contributed by atoms with E-state index >= 15 is 0 Å². The molecule has 2 rings (SSSR count). The predicted molar refractivity (Wildman–Crippen MR) is 119 cm³/mol. The lowest BCUT2D eigenvalue weighted by molar-refractivity contribution is 0.304. The van der Waals surface area contributed by atoms with Crippen molar-refractivity contribution in [3.8, 4) is 17.1 Å². The van der Waals surface area contributed by atoms with Gasteiger partial charge >= 0.3 is 0 Å². The maximum Gasteiger partial charge on any atom is 0.219 e. The van der Waals surface area contributed by atoms with Crippen LogP contribution in [0.2, 0.25) is 0 Å². The summed E-state index contributed by atoms with van der Waals surface area (Å²) in [6.07, 6.45) is 15.7. The van der Waals surface area contributed by atoms with Gasteiger partial charge in [0.1, 0.15) is 5.75 Å². The first-order valence-electron chi connectivity index (χ1n) is 11.5. The fraction of sp³-hybridized carbons (Fsp3) is 0.600. The van der Waals surface area contributed by atoms with Crippen LogP contribution in [0.1, 0.15) is 90.0 Å². The Morgan fingerprint density at radius 3 is 2.07 bits per heavy atom. The van der Waals surface area contributed by atoms with Crippen LogP contribution < -0.4 is 4.74 Å². The standard InChI is InChI=1S/C25H37FN2O/c1-3-5-7-9-11-13-19-29-23-17-15-21(16-18-23)25-27-20-22(24(26)28-25)14-12-10-8-6-4-2/h15-18,20H,3-14,19H2,1-2H3. The number of benzene rings is 1. The number of rotatable bonds is 15. The monoisotopic (exact) mass is 400 g/mol. The molecule has 0 saturated carbocycles. The third-order valence-electron chi connectivity index (χ3n) is 5.24. The van der Waals surface area contributed by atoms with Crippen LogP contribution in [0.3, 0.4) is 0 Å². The van der Waals surface area contributed by atoms with Crippen LogP contribution in [0.25, 0.3) is 11.4 Å². The van der Waals surface area contributed by atoms with Gasteiger partial charge in [0.05, 0.1) is 6.61 Å². The van der Waals surface area contributed by atoms with Crippen LogP contribution in [0.15, 0.2) is 30.5 Å². The van der Waals surface area contributed by atoms with Crippen LogP contribution >= 0.6 is 0 Å². The first-order chi connectivity index (χ1) is 14.2. The zero-order chi connectivity index (χ0) is 20.7. The minimum atomic E-state index is -0.395. The van der Waals surface area contributed by atoms with Crippen molar-refractivity contribution in [2.75, 3.05) is 6.61 Å². The molecule has 0 aliphatic rings. The van der Waals surface area contributed by atoms with Crippen LogP contribution in [-0.4, -0.2) is 16.6 Å². The van der Waals surface area contributed by atoms with Crippen molar-refractivity contribution in [3.05, 3.63) is 42.0 Å². The van der Waals surface area contributed by atoms with E-state index in [1.807, 2.05) is 24.3 Å². The van der Waals surface area contributed by atoms with E-state index in [1.165, 1.54) is 51.4 Å². The molecule has 1 aromatic carbocycles. The van der Waals surface area contributed by atoms with E-state index in [0.29, 0.717) is 17.8 Å². The van der Waals surface area contributed by atoms with Crippen molar-refractivity contribution in [1.29, 1.82) is 0 Å². The van der Waals surface area contributed by atoms with Crippen molar-refractivity contribution in [2.24, 2.45) is 0 Å². The Bertz CT molecular complexity index is 688. The number of unbranched alkanes of at least 4 members (excludes halogenated alkanes) is 9. The van der Waals surface area contributed by atoms with Crippen LogP contribution in [-0.2, 0) is 6.42 Å². The zero-order valence-corrected chi connectivity index (χ0v) is 18.3. The minimum absolute atomic E-state index is 0.395. The van der Waals surface area contributed by atoms with Gasteiger partial charge in [-0.05, 0) is 43.5 Å². The molecular formula is C25H37FN2O. The van der Waals surface area contributed by atoms with Gasteiger partial charge in [-0.3, -0.25) is 0 Å². The Morgan fingerprint density at radius 2 is 1.41 bits per heavy atom. The quantitative estimate of drug-likeness (QED) is 0.229. The molecule has 0 spiro atoms. The van der Waals surface area contributed by atoms with Crippen molar-refractivity contribution in [1.82, 2.24) is 9.97 Å². The number of nitrogens with zero attached hydrogens (tertiary/aromatic N) is 2. The lowest BCUT2D eigenvalue weighted by Gasteiger charge is -2.08. The highest BCUT2D eigenvalue weighted by Crippen LogP contribution is 2.21. The topological polar surface area (TPSA) is 35.0 Å². The summed E-state index contributed by atoms with van der Waals surface area (Å²) in [6, 6.07) is 7.62. The van der Waals surface area contributed by atoms with Gasteiger partial charge in [-0.25, -0.2) is 4.98 Å². The van der Waals surface area contributed by atoms with Crippen molar-refractivity contribution in [3.63, 3.8) is 0 Å². The van der Waals surface area contributed by atoms with Crippen molar-refractivity contribution in [2.45, 2.75) is 90.9 Å². The molecule has 0 aliphatic heterocycles. The molecule has 0 saturated heterocycles. The SMILES string of the molecule is CCCCCCCCOc1ccc(-c2ncc(CCCCCCC)c(F)n2)cc1. The lowest BCUT2D eigenvalue weighted by Crippen LogP contribution is -2.00.